The van der Waals surface area contributed by atoms with Gasteiger partial charge in [-0.05, 0) is 61.0 Å². The first-order valence-electron chi connectivity index (χ1n) is 10.4. The highest BCUT2D eigenvalue weighted by Crippen LogP contribution is 2.33. The van der Waals surface area contributed by atoms with Gasteiger partial charge in [0, 0.05) is 16.9 Å². The molecule has 0 fully saturated rings. The van der Waals surface area contributed by atoms with Gasteiger partial charge < -0.3 is 15.4 Å². The Morgan fingerprint density at radius 1 is 0.944 bits per heavy atom. The van der Waals surface area contributed by atoms with Crippen molar-refractivity contribution in [3.63, 3.8) is 0 Å². The third-order valence-electron chi connectivity index (χ3n) is 5.36. The van der Waals surface area contributed by atoms with Crippen molar-refractivity contribution in [2.75, 3.05) is 22.6 Å². The van der Waals surface area contributed by atoms with Crippen molar-refractivity contribution in [2.24, 2.45) is 0 Å². The summed E-state index contributed by atoms with van der Waals surface area (Å²) in [7, 11) is 1.48. The average Bonchev–Trinajstić information content (AvgIpc) is 3.05. The van der Waals surface area contributed by atoms with Gasteiger partial charge in [0.25, 0.3) is 17.7 Å². The van der Waals surface area contributed by atoms with E-state index in [0.717, 1.165) is 17.0 Å². The Bertz CT molecular complexity index is 1460. The van der Waals surface area contributed by atoms with E-state index in [0.29, 0.717) is 27.7 Å². The first-order valence-corrected chi connectivity index (χ1v) is 11.5. The molecule has 0 aromatic heterocycles. The normalized spacial score (nSPS) is 13.3. The van der Waals surface area contributed by atoms with E-state index in [9.17, 15) is 18.8 Å². The number of ether oxygens (including phenoxy) is 1. The molecule has 184 valence electrons. The van der Waals surface area contributed by atoms with Gasteiger partial charge in [-0.1, -0.05) is 40.9 Å². The molecule has 2 N–H and O–H groups in total. The molecule has 3 amide bonds. The molecule has 36 heavy (non-hydrogen) atoms. The lowest BCUT2D eigenvalue weighted by Crippen LogP contribution is -2.32. The van der Waals surface area contributed by atoms with Gasteiger partial charge >= 0.3 is 0 Å². The fraction of sp³-hybridized carbons (Fsp3) is 0.0800. The van der Waals surface area contributed by atoms with Gasteiger partial charge in [0.15, 0.2) is 0 Å². The molecule has 3 aromatic rings. The molecule has 0 aliphatic carbocycles. The summed E-state index contributed by atoms with van der Waals surface area (Å²) in [6, 6.07) is 13.0. The van der Waals surface area contributed by atoms with E-state index in [1.165, 1.54) is 19.2 Å². The minimum Gasteiger partial charge on any atom is -0.495 e. The maximum Gasteiger partial charge on any atom is 0.283 e. The van der Waals surface area contributed by atoms with Crippen molar-refractivity contribution in [2.45, 2.75) is 6.92 Å². The molecule has 7 nitrogen and oxygen atoms in total. The summed E-state index contributed by atoms with van der Waals surface area (Å²) < 4.78 is 18.7. The third-order valence-corrected chi connectivity index (χ3v) is 6.29. The quantitative estimate of drug-likeness (QED) is 0.362. The Kier molecular flexibility index (Phi) is 7.21. The summed E-state index contributed by atoms with van der Waals surface area (Å²) in [6.07, 6.45) is 0. The lowest BCUT2D eigenvalue weighted by Gasteiger charge is -2.16. The fourth-order valence-corrected chi connectivity index (χ4v) is 4.10. The van der Waals surface area contributed by atoms with E-state index in [4.69, 9.17) is 39.5 Å². The van der Waals surface area contributed by atoms with Crippen molar-refractivity contribution in [3.05, 3.63) is 92.3 Å². The van der Waals surface area contributed by atoms with Crippen LogP contribution in [0.4, 0.5) is 21.5 Å². The minimum atomic E-state index is -0.797. The van der Waals surface area contributed by atoms with Crippen LogP contribution >= 0.6 is 34.8 Å². The molecule has 1 heterocycles. The van der Waals surface area contributed by atoms with E-state index in [2.05, 4.69) is 10.6 Å². The van der Waals surface area contributed by atoms with Crippen LogP contribution in [-0.4, -0.2) is 24.8 Å². The van der Waals surface area contributed by atoms with Crippen LogP contribution in [0.15, 0.2) is 65.3 Å². The molecule has 4 rings (SSSR count). The first-order chi connectivity index (χ1) is 17.1. The Hall–Kier alpha value is -3.59. The lowest BCUT2D eigenvalue weighted by atomic mass is 10.1. The molecule has 0 saturated carbocycles. The molecule has 1 aliphatic heterocycles. The van der Waals surface area contributed by atoms with Gasteiger partial charge in [-0.25, -0.2) is 9.29 Å². The smallest absolute Gasteiger partial charge is 0.283 e. The van der Waals surface area contributed by atoms with Crippen LogP contribution in [0, 0.1) is 12.7 Å². The molecule has 0 unspecified atom stereocenters. The van der Waals surface area contributed by atoms with Crippen LogP contribution in [0.1, 0.15) is 15.9 Å². The summed E-state index contributed by atoms with van der Waals surface area (Å²) >= 11 is 18.1. The molecular weight excluding hydrogens is 532 g/mol. The SMILES string of the molecule is COc1ccc(NC(=O)c2ccc(C)c(NC3=C(Cl)C(=O)N(c4ccc(F)c(Cl)c4)C3=O)c2)cc1Cl. The number of carbonyl (C=O) groups excluding carboxylic acids is 3. The molecular formula is C25H17Cl3FN3O4. The second-order valence-corrected chi connectivity index (χ2v) is 8.88. The Labute approximate surface area is 220 Å². The van der Waals surface area contributed by atoms with Gasteiger partial charge in [0.05, 0.1) is 22.8 Å². The Morgan fingerprint density at radius 2 is 1.69 bits per heavy atom. The van der Waals surface area contributed by atoms with Crippen molar-refractivity contribution in [1.82, 2.24) is 0 Å². The van der Waals surface area contributed by atoms with Crippen LogP contribution < -0.4 is 20.3 Å². The number of carbonyl (C=O) groups is 3. The number of nitrogens with one attached hydrogen (secondary N) is 2. The number of methoxy groups -OCH3 is 1. The third kappa shape index (κ3) is 4.88. The summed E-state index contributed by atoms with van der Waals surface area (Å²) in [4.78, 5) is 39.4. The summed E-state index contributed by atoms with van der Waals surface area (Å²) in [5, 5.41) is 5.32. The van der Waals surface area contributed by atoms with Crippen molar-refractivity contribution < 1.29 is 23.5 Å². The first kappa shape index (κ1) is 25.5. The fourth-order valence-electron chi connectivity index (χ4n) is 3.45. The second-order valence-electron chi connectivity index (χ2n) is 7.69. The number of benzene rings is 3. The van der Waals surface area contributed by atoms with Crippen molar-refractivity contribution >= 4 is 69.6 Å². The van der Waals surface area contributed by atoms with Crippen LogP contribution in [-0.2, 0) is 9.59 Å². The highest BCUT2D eigenvalue weighted by atomic mass is 35.5. The number of imide groups is 1. The molecule has 0 saturated heterocycles. The zero-order valence-corrected chi connectivity index (χ0v) is 21.1. The van der Waals surface area contributed by atoms with E-state index in [-0.39, 0.29) is 27.0 Å². The van der Waals surface area contributed by atoms with E-state index in [1.807, 2.05) is 0 Å². The predicted molar refractivity (Wildman–Crippen MR) is 138 cm³/mol. The molecule has 1 aliphatic rings. The van der Waals surface area contributed by atoms with Crippen molar-refractivity contribution in [1.29, 1.82) is 0 Å². The highest BCUT2D eigenvalue weighted by Gasteiger charge is 2.39. The Balaban J connectivity index is 1.57. The van der Waals surface area contributed by atoms with Gasteiger partial charge in [0.1, 0.15) is 22.3 Å². The number of rotatable bonds is 6. The van der Waals surface area contributed by atoms with Crippen LogP contribution in [0.25, 0.3) is 0 Å². The molecule has 0 atom stereocenters. The number of nitrogens with zero attached hydrogens (tertiary/aromatic N) is 1. The standard InChI is InChI=1S/C25H17Cl3FN3O4/c1-12-3-4-13(23(33)30-14-5-8-20(36-2)17(27)10-14)9-19(12)31-22-21(28)24(34)32(25(22)35)15-6-7-18(29)16(26)11-15/h3-11,31H,1-2H3,(H,30,33). The maximum absolute atomic E-state index is 13.5. The number of hydrogen-bond donors (Lipinski definition) is 2. The van der Waals surface area contributed by atoms with Crippen LogP contribution in [0.3, 0.4) is 0 Å². The van der Waals surface area contributed by atoms with Gasteiger partial charge in [-0.3, -0.25) is 14.4 Å². The van der Waals surface area contributed by atoms with Crippen molar-refractivity contribution in [3.8, 4) is 5.75 Å². The topological polar surface area (TPSA) is 87.7 Å². The van der Waals surface area contributed by atoms with E-state index in [1.54, 1.807) is 37.3 Å². The molecule has 11 heteroatoms. The molecule has 3 aromatic carbocycles. The predicted octanol–water partition coefficient (Wildman–Crippen LogP) is 6.14. The monoisotopic (exact) mass is 547 g/mol. The van der Waals surface area contributed by atoms with Crippen LogP contribution in [0.2, 0.25) is 10.0 Å². The largest absolute Gasteiger partial charge is 0.495 e. The summed E-state index contributed by atoms with van der Waals surface area (Å²) in [5.74, 6) is -2.21. The minimum absolute atomic E-state index is 0.0642. The zero-order valence-electron chi connectivity index (χ0n) is 18.8. The molecule has 0 radical (unpaired) electrons. The molecule has 0 bridgehead atoms. The van der Waals surface area contributed by atoms with Gasteiger partial charge in [0.2, 0.25) is 0 Å². The number of hydrogen-bond acceptors (Lipinski definition) is 5. The van der Waals surface area contributed by atoms with Gasteiger partial charge in [-0.2, -0.15) is 0 Å². The maximum atomic E-state index is 13.5. The number of aryl methyl sites for hydroxylation is 1. The van der Waals surface area contributed by atoms with E-state index < -0.39 is 23.5 Å². The second kappa shape index (κ2) is 10.2. The lowest BCUT2D eigenvalue weighted by molar-refractivity contribution is -0.120. The molecule has 0 spiro atoms. The van der Waals surface area contributed by atoms with E-state index >= 15 is 0 Å². The number of anilines is 3. The average molecular weight is 549 g/mol. The Morgan fingerprint density at radius 3 is 2.36 bits per heavy atom. The highest BCUT2D eigenvalue weighted by molar-refractivity contribution is 6.53. The zero-order chi connectivity index (χ0) is 26.1. The summed E-state index contributed by atoms with van der Waals surface area (Å²) in [5.41, 5.74) is 1.66. The van der Waals surface area contributed by atoms with Gasteiger partial charge in [-0.15, -0.1) is 0 Å². The van der Waals surface area contributed by atoms with Crippen LogP contribution in [0.5, 0.6) is 5.75 Å². The number of halogens is 4. The summed E-state index contributed by atoms with van der Waals surface area (Å²) in [6.45, 7) is 1.75. The number of amides is 3.